The van der Waals surface area contributed by atoms with Crippen molar-refractivity contribution in [2.75, 3.05) is 26.1 Å². The molecule has 0 saturated heterocycles. The predicted octanol–water partition coefficient (Wildman–Crippen LogP) is 3.68. The number of hydrogen-bond acceptors (Lipinski definition) is 5. The van der Waals surface area contributed by atoms with Crippen LogP contribution >= 0.6 is 0 Å². The predicted molar refractivity (Wildman–Crippen MR) is 131 cm³/mol. The molecule has 7 heteroatoms. The van der Waals surface area contributed by atoms with Crippen LogP contribution in [0.2, 0.25) is 0 Å². The van der Waals surface area contributed by atoms with Crippen molar-refractivity contribution in [1.82, 2.24) is 10.7 Å². The fraction of sp³-hybridized carbons (Fsp3) is 0.115. The summed E-state index contributed by atoms with van der Waals surface area (Å²) in [5, 5.41) is 6.70. The summed E-state index contributed by atoms with van der Waals surface area (Å²) in [5.41, 5.74) is 5.57. The number of hydrazone groups is 1. The summed E-state index contributed by atoms with van der Waals surface area (Å²) in [6.07, 6.45) is 3.12. The summed E-state index contributed by atoms with van der Waals surface area (Å²) in [6.45, 7) is 0. The third kappa shape index (κ3) is 6.80. The maximum absolute atomic E-state index is 12.8. The molecule has 2 amide bonds. The number of carbonyl (C=O) groups is 2. The van der Waals surface area contributed by atoms with E-state index in [1.807, 2.05) is 61.5 Å². The minimum absolute atomic E-state index is 0.0772. The molecule has 0 heterocycles. The standard InChI is InChI=1S/C26H26N4O3/c1-30(2)22-13-9-19(10-14-22)17-24(28-25(31)21-7-5-4-6-8-21)26(32)29-27-18-20-11-15-23(33-3)16-12-20/h4-18H,1-3H3,(H,28,31)(H,29,32)/b24-17-,27-18-. The molecule has 0 aliphatic rings. The number of anilines is 1. The Labute approximate surface area is 193 Å². The smallest absolute Gasteiger partial charge is 0.287 e. The first-order valence-electron chi connectivity index (χ1n) is 10.3. The monoisotopic (exact) mass is 442 g/mol. The highest BCUT2D eigenvalue weighted by Crippen LogP contribution is 2.15. The van der Waals surface area contributed by atoms with Gasteiger partial charge in [0.05, 0.1) is 13.3 Å². The van der Waals surface area contributed by atoms with Crippen molar-refractivity contribution in [1.29, 1.82) is 0 Å². The lowest BCUT2D eigenvalue weighted by molar-refractivity contribution is -0.117. The number of nitrogens with zero attached hydrogens (tertiary/aromatic N) is 2. The molecule has 3 rings (SSSR count). The first-order chi connectivity index (χ1) is 16.0. The number of ether oxygens (including phenoxy) is 1. The van der Waals surface area contributed by atoms with Gasteiger partial charge in [-0.05, 0) is 65.7 Å². The molecule has 2 N–H and O–H groups in total. The van der Waals surface area contributed by atoms with E-state index in [-0.39, 0.29) is 11.6 Å². The number of carbonyl (C=O) groups excluding carboxylic acids is 2. The number of rotatable bonds is 8. The highest BCUT2D eigenvalue weighted by atomic mass is 16.5. The fourth-order valence-electron chi connectivity index (χ4n) is 2.89. The van der Waals surface area contributed by atoms with E-state index in [1.165, 1.54) is 6.21 Å². The Morgan fingerprint density at radius 1 is 0.879 bits per heavy atom. The lowest BCUT2D eigenvalue weighted by atomic mass is 10.1. The largest absolute Gasteiger partial charge is 0.497 e. The zero-order valence-corrected chi connectivity index (χ0v) is 18.8. The highest BCUT2D eigenvalue weighted by molar-refractivity contribution is 6.05. The maximum atomic E-state index is 12.8. The van der Waals surface area contributed by atoms with Crippen LogP contribution in [0.25, 0.3) is 6.08 Å². The summed E-state index contributed by atoms with van der Waals surface area (Å²) in [5.74, 6) is -0.202. The third-order valence-corrected chi connectivity index (χ3v) is 4.74. The van der Waals surface area contributed by atoms with Crippen LogP contribution in [0, 0.1) is 0 Å². The SMILES string of the molecule is COc1ccc(/C=N\NC(=O)/C(=C/c2ccc(N(C)C)cc2)NC(=O)c2ccccc2)cc1. The molecule has 0 unspecified atom stereocenters. The van der Waals surface area contributed by atoms with E-state index >= 15 is 0 Å². The molecule has 7 nitrogen and oxygen atoms in total. The van der Waals surface area contributed by atoms with Crippen LogP contribution in [-0.4, -0.2) is 39.2 Å². The quantitative estimate of drug-likeness (QED) is 0.317. The Morgan fingerprint density at radius 2 is 1.52 bits per heavy atom. The summed E-state index contributed by atoms with van der Waals surface area (Å²) in [4.78, 5) is 27.5. The summed E-state index contributed by atoms with van der Waals surface area (Å²) in [7, 11) is 5.49. The molecule has 0 aliphatic heterocycles. The van der Waals surface area contributed by atoms with Gasteiger partial charge in [-0.1, -0.05) is 30.3 Å². The lowest BCUT2D eigenvalue weighted by Crippen LogP contribution is -2.32. The molecule has 0 spiro atoms. The second-order valence-corrected chi connectivity index (χ2v) is 7.34. The second-order valence-electron chi connectivity index (χ2n) is 7.34. The van der Waals surface area contributed by atoms with Crippen LogP contribution in [0.4, 0.5) is 5.69 Å². The zero-order chi connectivity index (χ0) is 23.6. The summed E-state index contributed by atoms with van der Waals surface area (Å²) >= 11 is 0. The van der Waals surface area contributed by atoms with Gasteiger partial charge >= 0.3 is 0 Å². The zero-order valence-electron chi connectivity index (χ0n) is 18.8. The molecular formula is C26H26N4O3. The van der Waals surface area contributed by atoms with Crippen LogP contribution in [0.15, 0.2) is 89.7 Å². The Bertz CT molecular complexity index is 1140. The van der Waals surface area contributed by atoms with Gasteiger partial charge in [0, 0.05) is 25.3 Å². The van der Waals surface area contributed by atoms with Crippen molar-refractivity contribution < 1.29 is 14.3 Å². The molecule has 0 atom stereocenters. The normalized spacial score (nSPS) is 11.2. The van der Waals surface area contributed by atoms with Crippen LogP contribution in [0.1, 0.15) is 21.5 Å². The van der Waals surface area contributed by atoms with E-state index in [4.69, 9.17) is 4.74 Å². The van der Waals surface area contributed by atoms with Crippen LogP contribution in [0.5, 0.6) is 5.75 Å². The van der Waals surface area contributed by atoms with Crippen molar-refractivity contribution >= 4 is 29.8 Å². The molecule has 0 fully saturated rings. The van der Waals surface area contributed by atoms with E-state index in [1.54, 1.807) is 49.6 Å². The van der Waals surface area contributed by atoms with Crippen LogP contribution in [-0.2, 0) is 4.79 Å². The van der Waals surface area contributed by atoms with Crippen molar-refractivity contribution in [2.24, 2.45) is 5.10 Å². The van der Waals surface area contributed by atoms with Gasteiger partial charge in [0.15, 0.2) is 0 Å². The van der Waals surface area contributed by atoms with E-state index < -0.39 is 5.91 Å². The van der Waals surface area contributed by atoms with Gasteiger partial charge in [0.25, 0.3) is 11.8 Å². The second kappa shape index (κ2) is 11.3. The van der Waals surface area contributed by atoms with Crippen LogP contribution < -0.4 is 20.4 Å². The summed E-state index contributed by atoms with van der Waals surface area (Å²) in [6, 6.07) is 23.5. The molecule has 33 heavy (non-hydrogen) atoms. The van der Waals surface area contributed by atoms with Crippen molar-refractivity contribution in [2.45, 2.75) is 0 Å². The molecule has 168 valence electrons. The van der Waals surface area contributed by atoms with Crippen molar-refractivity contribution in [3.05, 3.63) is 101 Å². The Balaban J connectivity index is 1.79. The minimum Gasteiger partial charge on any atom is -0.497 e. The molecule has 0 aromatic heterocycles. The first kappa shape index (κ1) is 23.3. The van der Waals surface area contributed by atoms with Gasteiger partial charge in [-0.25, -0.2) is 5.43 Å². The van der Waals surface area contributed by atoms with E-state index in [2.05, 4.69) is 15.8 Å². The van der Waals surface area contributed by atoms with Gasteiger partial charge in [-0.2, -0.15) is 5.10 Å². The van der Waals surface area contributed by atoms with Crippen molar-refractivity contribution in [3.63, 3.8) is 0 Å². The van der Waals surface area contributed by atoms with Gasteiger partial charge < -0.3 is 15.0 Å². The average Bonchev–Trinajstić information content (AvgIpc) is 2.84. The van der Waals surface area contributed by atoms with Gasteiger partial charge in [-0.3, -0.25) is 9.59 Å². The van der Waals surface area contributed by atoms with Gasteiger partial charge in [0.2, 0.25) is 0 Å². The minimum atomic E-state index is -0.541. The van der Waals surface area contributed by atoms with E-state index in [0.717, 1.165) is 22.6 Å². The van der Waals surface area contributed by atoms with Gasteiger partial charge in [-0.15, -0.1) is 0 Å². The molecule has 3 aromatic carbocycles. The Kier molecular flexibility index (Phi) is 7.96. The number of benzene rings is 3. The molecule has 0 aliphatic carbocycles. The Morgan fingerprint density at radius 3 is 2.12 bits per heavy atom. The molecule has 3 aromatic rings. The number of nitrogens with one attached hydrogen (secondary N) is 2. The number of methoxy groups -OCH3 is 1. The highest BCUT2D eigenvalue weighted by Gasteiger charge is 2.14. The first-order valence-corrected chi connectivity index (χ1v) is 10.3. The van der Waals surface area contributed by atoms with E-state index in [9.17, 15) is 9.59 Å². The summed E-state index contributed by atoms with van der Waals surface area (Å²) < 4.78 is 5.13. The topological polar surface area (TPSA) is 83.0 Å². The molecular weight excluding hydrogens is 416 g/mol. The molecule has 0 saturated carbocycles. The van der Waals surface area contributed by atoms with E-state index in [0.29, 0.717) is 5.56 Å². The lowest BCUT2D eigenvalue weighted by Gasteiger charge is -2.12. The molecule has 0 bridgehead atoms. The van der Waals surface area contributed by atoms with Crippen LogP contribution in [0.3, 0.4) is 0 Å². The number of amides is 2. The Hall–Kier alpha value is -4.39. The number of hydrogen-bond donors (Lipinski definition) is 2. The average molecular weight is 443 g/mol. The molecule has 0 radical (unpaired) electrons. The van der Waals surface area contributed by atoms with Crippen molar-refractivity contribution in [3.8, 4) is 5.75 Å². The van der Waals surface area contributed by atoms with Gasteiger partial charge in [0.1, 0.15) is 11.4 Å². The third-order valence-electron chi connectivity index (χ3n) is 4.74. The fourth-order valence-corrected chi connectivity index (χ4v) is 2.89. The maximum Gasteiger partial charge on any atom is 0.287 e.